The maximum absolute atomic E-state index is 12.3. The number of nitrogens with one attached hydrogen (secondary N) is 1. The van der Waals surface area contributed by atoms with E-state index in [0.717, 1.165) is 4.90 Å². The predicted octanol–water partition coefficient (Wildman–Crippen LogP) is 2.40. The number of nitro benzene ring substituents is 1. The number of non-ortho nitro benzene ring substituents is 1. The molecule has 25 heavy (non-hydrogen) atoms. The molecule has 1 fully saturated rings. The normalized spacial score (nSPS) is 16.0. The van der Waals surface area contributed by atoms with Crippen molar-refractivity contribution in [3.63, 3.8) is 0 Å². The van der Waals surface area contributed by atoms with E-state index in [1.165, 1.54) is 24.3 Å². The Kier molecular flexibility index (Phi) is 5.92. The van der Waals surface area contributed by atoms with Crippen LogP contribution in [0, 0.1) is 16.0 Å². The summed E-state index contributed by atoms with van der Waals surface area (Å²) in [7, 11) is 0. The molecule has 1 aliphatic heterocycles. The van der Waals surface area contributed by atoms with Gasteiger partial charge in [0.15, 0.2) is 0 Å². The average Bonchev–Trinajstić information content (AvgIpc) is 2.80. The van der Waals surface area contributed by atoms with Gasteiger partial charge in [0.1, 0.15) is 6.54 Å². The first kappa shape index (κ1) is 18.7. The van der Waals surface area contributed by atoms with Gasteiger partial charge in [0, 0.05) is 18.7 Å². The molecule has 0 bridgehead atoms. The molecule has 3 amide bonds. The second kappa shape index (κ2) is 7.93. The van der Waals surface area contributed by atoms with Crippen LogP contribution in [0.2, 0.25) is 0 Å². The number of benzene rings is 1. The second-order valence-corrected chi connectivity index (χ2v) is 6.81. The van der Waals surface area contributed by atoms with Gasteiger partial charge in [0.2, 0.25) is 5.91 Å². The molecule has 0 aliphatic carbocycles. The molecule has 0 unspecified atom stereocenters. The summed E-state index contributed by atoms with van der Waals surface area (Å²) in [5.74, 6) is -0.735. The second-order valence-electron chi connectivity index (χ2n) is 5.82. The van der Waals surface area contributed by atoms with Gasteiger partial charge in [-0.2, -0.15) is 0 Å². The van der Waals surface area contributed by atoms with Crippen molar-refractivity contribution in [3.05, 3.63) is 44.8 Å². The molecule has 0 aromatic heterocycles. The lowest BCUT2D eigenvalue weighted by Crippen LogP contribution is -2.40. The SMILES string of the molecule is CC(C)CNC(=O)CN1C(=O)S/C(=C\c2cccc([N+](=O)[O-])c2)C1=O. The van der Waals surface area contributed by atoms with E-state index in [9.17, 15) is 24.5 Å². The van der Waals surface area contributed by atoms with Crippen molar-refractivity contribution in [1.82, 2.24) is 10.2 Å². The number of imide groups is 1. The first-order valence-corrected chi connectivity index (χ1v) is 8.36. The van der Waals surface area contributed by atoms with E-state index in [1.807, 2.05) is 13.8 Å². The Bertz CT molecular complexity index is 760. The van der Waals surface area contributed by atoms with Crippen LogP contribution < -0.4 is 5.32 Å². The number of nitrogens with zero attached hydrogens (tertiary/aromatic N) is 2. The van der Waals surface area contributed by atoms with Crippen molar-refractivity contribution in [3.8, 4) is 0 Å². The summed E-state index contributed by atoms with van der Waals surface area (Å²) in [4.78, 5) is 47.4. The summed E-state index contributed by atoms with van der Waals surface area (Å²) >= 11 is 0.706. The molecule has 8 nitrogen and oxygen atoms in total. The van der Waals surface area contributed by atoms with E-state index in [1.54, 1.807) is 6.07 Å². The summed E-state index contributed by atoms with van der Waals surface area (Å²) in [6.45, 7) is 3.98. The quantitative estimate of drug-likeness (QED) is 0.472. The molecule has 1 N–H and O–H groups in total. The Morgan fingerprint density at radius 2 is 2.12 bits per heavy atom. The topological polar surface area (TPSA) is 110 Å². The number of carbonyl (C=O) groups is 3. The number of thioether (sulfide) groups is 1. The largest absolute Gasteiger partial charge is 0.354 e. The maximum Gasteiger partial charge on any atom is 0.294 e. The van der Waals surface area contributed by atoms with Gasteiger partial charge in [0.25, 0.3) is 16.8 Å². The number of carbonyl (C=O) groups excluding carboxylic acids is 3. The number of rotatable bonds is 6. The van der Waals surface area contributed by atoms with Crippen molar-refractivity contribution in [1.29, 1.82) is 0 Å². The zero-order valence-corrected chi connectivity index (χ0v) is 14.5. The average molecular weight is 363 g/mol. The molecular formula is C16H17N3O5S. The van der Waals surface area contributed by atoms with Crippen LogP contribution in [0.4, 0.5) is 10.5 Å². The third kappa shape index (κ3) is 4.90. The highest BCUT2D eigenvalue weighted by Crippen LogP contribution is 2.32. The fourth-order valence-corrected chi connectivity index (χ4v) is 2.87. The summed E-state index contributed by atoms with van der Waals surface area (Å²) in [5, 5.41) is 12.9. The Hall–Kier alpha value is -2.68. The third-order valence-corrected chi connectivity index (χ3v) is 4.17. The summed E-state index contributed by atoms with van der Waals surface area (Å²) < 4.78 is 0. The standard InChI is InChI=1S/C16H17N3O5S/c1-10(2)8-17-14(20)9-18-15(21)13(25-16(18)22)7-11-4-3-5-12(6-11)19(23)24/h3-7,10H,8-9H2,1-2H3,(H,17,20)/b13-7-. The molecule has 0 atom stereocenters. The van der Waals surface area contributed by atoms with Crippen LogP contribution in [0.25, 0.3) is 6.08 Å². The summed E-state index contributed by atoms with van der Waals surface area (Å²) in [5.41, 5.74) is 0.324. The Morgan fingerprint density at radius 3 is 2.76 bits per heavy atom. The van der Waals surface area contributed by atoms with Gasteiger partial charge in [-0.15, -0.1) is 0 Å². The van der Waals surface area contributed by atoms with Crippen LogP contribution in [-0.2, 0) is 9.59 Å². The van der Waals surface area contributed by atoms with Crippen molar-refractivity contribution < 1.29 is 19.3 Å². The minimum Gasteiger partial charge on any atom is -0.354 e. The van der Waals surface area contributed by atoms with Gasteiger partial charge in [-0.3, -0.25) is 29.4 Å². The smallest absolute Gasteiger partial charge is 0.294 e. The first-order valence-electron chi connectivity index (χ1n) is 7.54. The van der Waals surface area contributed by atoms with E-state index in [0.29, 0.717) is 23.9 Å². The van der Waals surface area contributed by atoms with Gasteiger partial charge in [0.05, 0.1) is 9.83 Å². The number of nitro groups is 1. The zero-order valence-electron chi connectivity index (χ0n) is 13.7. The van der Waals surface area contributed by atoms with Gasteiger partial charge in [-0.25, -0.2) is 0 Å². The Balaban J connectivity index is 2.11. The monoisotopic (exact) mass is 363 g/mol. The van der Waals surface area contributed by atoms with E-state index >= 15 is 0 Å². The van der Waals surface area contributed by atoms with E-state index in [4.69, 9.17) is 0 Å². The van der Waals surface area contributed by atoms with Crippen LogP contribution in [0.3, 0.4) is 0 Å². The van der Waals surface area contributed by atoms with Crippen molar-refractivity contribution in [2.75, 3.05) is 13.1 Å². The number of amides is 3. The van der Waals surface area contributed by atoms with E-state index < -0.39 is 22.0 Å². The van der Waals surface area contributed by atoms with Crippen LogP contribution in [-0.4, -0.2) is 40.0 Å². The number of hydrogen-bond acceptors (Lipinski definition) is 6. The fourth-order valence-electron chi connectivity index (χ4n) is 2.03. The molecule has 0 spiro atoms. The highest BCUT2D eigenvalue weighted by atomic mass is 32.2. The molecule has 1 saturated heterocycles. The molecule has 2 rings (SSSR count). The predicted molar refractivity (Wildman–Crippen MR) is 93.6 cm³/mol. The van der Waals surface area contributed by atoms with Gasteiger partial charge in [-0.1, -0.05) is 26.0 Å². The maximum atomic E-state index is 12.3. The van der Waals surface area contributed by atoms with Crippen molar-refractivity contribution >= 4 is 40.6 Å². The molecule has 1 heterocycles. The Morgan fingerprint density at radius 1 is 1.40 bits per heavy atom. The minimum absolute atomic E-state index is 0.110. The molecule has 0 saturated carbocycles. The molecular weight excluding hydrogens is 346 g/mol. The third-order valence-electron chi connectivity index (χ3n) is 3.26. The summed E-state index contributed by atoms with van der Waals surface area (Å²) in [6, 6.07) is 5.73. The Labute approximate surface area is 148 Å². The molecule has 1 aromatic rings. The van der Waals surface area contributed by atoms with Crippen LogP contribution >= 0.6 is 11.8 Å². The minimum atomic E-state index is -0.582. The van der Waals surface area contributed by atoms with Gasteiger partial charge >= 0.3 is 0 Å². The van der Waals surface area contributed by atoms with Crippen molar-refractivity contribution in [2.24, 2.45) is 5.92 Å². The zero-order chi connectivity index (χ0) is 18.6. The first-order chi connectivity index (χ1) is 11.8. The lowest BCUT2D eigenvalue weighted by Gasteiger charge is -2.13. The van der Waals surface area contributed by atoms with Gasteiger partial charge in [-0.05, 0) is 29.3 Å². The highest BCUT2D eigenvalue weighted by molar-refractivity contribution is 8.18. The molecule has 132 valence electrons. The highest BCUT2D eigenvalue weighted by Gasteiger charge is 2.36. The summed E-state index contributed by atoms with van der Waals surface area (Å²) in [6.07, 6.45) is 1.41. The molecule has 0 radical (unpaired) electrons. The lowest BCUT2D eigenvalue weighted by molar-refractivity contribution is -0.384. The number of hydrogen-bond donors (Lipinski definition) is 1. The van der Waals surface area contributed by atoms with Gasteiger partial charge < -0.3 is 5.32 Å². The molecule has 1 aromatic carbocycles. The lowest BCUT2D eigenvalue weighted by atomic mass is 10.2. The molecule has 9 heteroatoms. The molecule has 1 aliphatic rings. The van der Waals surface area contributed by atoms with E-state index in [2.05, 4.69) is 5.32 Å². The van der Waals surface area contributed by atoms with E-state index in [-0.39, 0.29) is 23.1 Å². The fraction of sp³-hybridized carbons (Fsp3) is 0.312. The van der Waals surface area contributed by atoms with Crippen LogP contribution in [0.15, 0.2) is 29.2 Å². The van der Waals surface area contributed by atoms with Crippen molar-refractivity contribution in [2.45, 2.75) is 13.8 Å². The van der Waals surface area contributed by atoms with Crippen LogP contribution in [0.1, 0.15) is 19.4 Å². The van der Waals surface area contributed by atoms with Crippen LogP contribution in [0.5, 0.6) is 0 Å².